The summed E-state index contributed by atoms with van der Waals surface area (Å²) in [4.78, 5) is 26.6. The molecular weight excluding hydrogens is 318 g/mol. The number of nitrogens with zero attached hydrogens (tertiary/aromatic N) is 1. The second kappa shape index (κ2) is 5.84. The van der Waals surface area contributed by atoms with Crippen LogP contribution in [0, 0.1) is 5.92 Å². The Labute approximate surface area is 148 Å². The highest BCUT2D eigenvalue weighted by Crippen LogP contribution is 2.58. The maximum Gasteiger partial charge on any atom is 0.308 e. The van der Waals surface area contributed by atoms with E-state index in [1.54, 1.807) is 7.11 Å². The van der Waals surface area contributed by atoms with E-state index < -0.39 is 0 Å². The van der Waals surface area contributed by atoms with Gasteiger partial charge in [-0.1, -0.05) is 6.07 Å². The van der Waals surface area contributed by atoms with E-state index in [0.717, 1.165) is 31.4 Å². The number of ketones is 1. The van der Waals surface area contributed by atoms with Crippen LogP contribution in [0.2, 0.25) is 0 Å². The summed E-state index contributed by atoms with van der Waals surface area (Å²) in [6.45, 7) is 2.38. The minimum atomic E-state index is -0.350. The number of likely N-dealkylation sites (tertiary alicyclic amines) is 1. The van der Waals surface area contributed by atoms with Gasteiger partial charge < -0.3 is 14.4 Å². The number of likely N-dealkylation sites (N-methyl/N-ethyl adjacent to an activating group) is 1. The van der Waals surface area contributed by atoms with E-state index >= 15 is 0 Å². The van der Waals surface area contributed by atoms with Crippen molar-refractivity contribution in [3.05, 3.63) is 23.3 Å². The first-order valence-electron chi connectivity index (χ1n) is 9.07. The first-order valence-corrected chi connectivity index (χ1v) is 9.07. The molecule has 1 heterocycles. The topological polar surface area (TPSA) is 55.8 Å². The fraction of sp³-hybridized carbons (Fsp3) is 0.600. The lowest BCUT2D eigenvalue weighted by Gasteiger charge is -2.58. The molecule has 2 aliphatic carbocycles. The van der Waals surface area contributed by atoms with Crippen LogP contribution in [0.4, 0.5) is 0 Å². The summed E-state index contributed by atoms with van der Waals surface area (Å²) in [5.74, 6) is 1.52. The predicted molar refractivity (Wildman–Crippen MR) is 93.1 cm³/mol. The number of hydrogen-bond donors (Lipinski definition) is 0. The Hall–Kier alpha value is -1.88. The van der Waals surface area contributed by atoms with Gasteiger partial charge in [0, 0.05) is 36.8 Å². The molecular formula is C20H25NO4. The van der Waals surface area contributed by atoms with Gasteiger partial charge in [-0.2, -0.15) is 0 Å². The van der Waals surface area contributed by atoms with E-state index in [1.165, 1.54) is 12.5 Å². The normalized spacial score (nSPS) is 31.1. The third-order valence-electron chi connectivity index (χ3n) is 6.50. The van der Waals surface area contributed by atoms with Gasteiger partial charge in [0.05, 0.1) is 7.11 Å². The smallest absolute Gasteiger partial charge is 0.308 e. The highest BCUT2D eigenvalue weighted by atomic mass is 16.6. The van der Waals surface area contributed by atoms with E-state index in [4.69, 9.17) is 9.47 Å². The average Bonchev–Trinajstić information content (AvgIpc) is 2.57. The first kappa shape index (κ1) is 16.6. The Balaban J connectivity index is 1.96. The molecule has 0 N–H and O–H groups in total. The van der Waals surface area contributed by atoms with Crippen LogP contribution in [-0.2, 0) is 21.4 Å². The van der Waals surface area contributed by atoms with Crippen LogP contribution in [-0.4, -0.2) is 43.4 Å². The van der Waals surface area contributed by atoms with Crippen LogP contribution in [0.25, 0.3) is 0 Å². The monoisotopic (exact) mass is 343 g/mol. The minimum Gasteiger partial charge on any atom is -0.493 e. The third-order valence-corrected chi connectivity index (χ3v) is 6.50. The molecule has 25 heavy (non-hydrogen) atoms. The maximum atomic E-state index is 12.4. The van der Waals surface area contributed by atoms with Gasteiger partial charge in [-0.25, -0.2) is 0 Å². The first-order chi connectivity index (χ1) is 12.0. The van der Waals surface area contributed by atoms with Crippen LogP contribution in [0.5, 0.6) is 11.5 Å². The number of fused-ring (bicyclic) bond motifs is 1. The number of carbonyl (C=O) groups excluding carboxylic acids is 2. The third kappa shape index (κ3) is 2.40. The highest BCUT2D eigenvalue weighted by molar-refractivity contribution is 5.82. The summed E-state index contributed by atoms with van der Waals surface area (Å²) in [7, 11) is 3.78. The molecule has 1 saturated heterocycles. The summed E-state index contributed by atoms with van der Waals surface area (Å²) in [6.07, 6.45) is 3.99. The van der Waals surface area contributed by atoms with Crippen LogP contribution in [0.3, 0.4) is 0 Å². The Morgan fingerprint density at radius 2 is 2.16 bits per heavy atom. The van der Waals surface area contributed by atoms with Crippen molar-refractivity contribution in [2.24, 2.45) is 5.92 Å². The minimum absolute atomic E-state index is 0.223. The molecule has 1 saturated carbocycles. The highest BCUT2D eigenvalue weighted by Gasteiger charge is 2.56. The molecule has 2 bridgehead atoms. The van der Waals surface area contributed by atoms with Gasteiger partial charge in [-0.15, -0.1) is 0 Å². The van der Waals surface area contributed by atoms with Crippen LogP contribution in [0.15, 0.2) is 12.1 Å². The Kier molecular flexibility index (Phi) is 3.87. The number of ether oxygens (including phenoxy) is 2. The maximum absolute atomic E-state index is 12.4. The van der Waals surface area contributed by atoms with E-state index in [2.05, 4.69) is 18.0 Å². The van der Waals surface area contributed by atoms with Crippen LogP contribution in [0.1, 0.15) is 43.7 Å². The number of benzene rings is 1. The SMILES string of the molecule is COc1ccc2c(c1OC(C)=O)[C@]13CCN(C)[C@H](C2)[C@@H]1CCC(=O)C3. The molecule has 0 spiro atoms. The van der Waals surface area contributed by atoms with E-state index in [0.29, 0.717) is 42.1 Å². The van der Waals surface area contributed by atoms with Crippen molar-refractivity contribution in [2.45, 2.75) is 50.5 Å². The molecule has 4 rings (SSSR count). The van der Waals surface area contributed by atoms with E-state index in [-0.39, 0.29) is 11.4 Å². The summed E-state index contributed by atoms with van der Waals surface area (Å²) >= 11 is 0. The summed E-state index contributed by atoms with van der Waals surface area (Å²) in [5.41, 5.74) is 2.03. The molecule has 1 aromatic rings. The van der Waals surface area contributed by atoms with Crippen LogP contribution < -0.4 is 9.47 Å². The van der Waals surface area contributed by atoms with Gasteiger partial charge in [0.1, 0.15) is 5.78 Å². The van der Waals surface area contributed by atoms with Gasteiger partial charge in [-0.05, 0) is 50.4 Å². The second-order valence-electron chi connectivity index (χ2n) is 7.74. The van der Waals surface area contributed by atoms with Crippen molar-refractivity contribution >= 4 is 11.8 Å². The summed E-state index contributed by atoms with van der Waals surface area (Å²) in [6, 6.07) is 4.42. The van der Waals surface area contributed by atoms with Gasteiger partial charge in [0.2, 0.25) is 0 Å². The molecule has 1 aromatic carbocycles. The van der Waals surface area contributed by atoms with Gasteiger partial charge >= 0.3 is 5.97 Å². The zero-order valence-electron chi connectivity index (χ0n) is 15.1. The molecule has 0 amide bonds. The van der Waals surface area contributed by atoms with E-state index in [9.17, 15) is 9.59 Å². The number of rotatable bonds is 2. The number of hydrogen-bond acceptors (Lipinski definition) is 5. The molecule has 134 valence electrons. The van der Waals surface area contributed by atoms with Crippen molar-refractivity contribution in [2.75, 3.05) is 20.7 Å². The largest absolute Gasteiger partial charge is 0.493 e. The molecule has 5 heteroatoms. The molecule has 0 unspecified atom stereocenters. The molecule has 2 fully saturated rings. The lowest BCUT2D eigenvalue weighted by Crippen LogP contribution is -2.61. The number of Topliss-reactive ketones (excluding diaryl/α,β-unsaturated/α-hetero) is 1. The molecule has 3 atom stereocenters. The van der Waals surface area contributed by atoms with Gasteiger partial charge in [0.25, 0.3) is 0 Å². The fourth-order valence-corrected chi connectivity index (χ4v) is 5.50. The quantitative estimate of drug-likeness (QED) is 0.610. The van der Waals surface area contributed by atoms with Crippen molar-refractivity contribution in [1.82, 2.24) is 4.90 Å². The Bertz CT molecular complexity index is 743. The fourth-order valence-electron chi connectivity index (χ4n) is 5.50. The lowest BCUT2D eigenvalue weighted by molar-refractivity contribution is -0.132. The van der Waals surface area contributed by atoms with Crippen molar-refractivity contribution in [3.8, 4) is 11.5 Å². The Morgan fingerprint density at radius 1 is 1.36 bits per heavy atom. The molecule has 3 aliphatic rings. The molecule has 1 aliphatic heterocycles. The van der Waals surface area contributed by atoms with Crippen LogP contribution >= 0.6 is 0 Å². The van der Waals surface area contributed by atoms with Crippen molar-refractivity contribution in [3.63, 3.8) is 0 Å². The summed E-state index contributed by atoms with van der Waals surface area (Å²) in [5, 5.41) is 0. The zero-order valence-corrected chi connectivity index (χ0v) is 15.1. The molecule has 0 radical (unpaired) electrons. The standard InChI is InChI=1S/C20H25NO4/c1-12(22)25-19-17(24-3)7-4-13-10-16-15-6-5-14(23)11-20(15,18(13)19)8-9-21(16)2/h4,7,15-16H,5-6,8-11H2,1-3H3/t15-,16+,20-/m0/s1. The summed E-state index contributed by atoms with van der Waals surface area (Å²) < 4.78 is 11.1. The number of carbonyl (C=O) groups is 2. The average molecular weight is 343 g/mol. The number of piperidine rings is 1. The second-order valence-corrected chi connectivity index (χ2v) is 7.74. The lowest BCUT2D eigenvalue weighted by atomic mass is 9.52. The number of methoxy groups -OCH3 is 1. The zero-order chi connectivity index (χ0) is 17.8. The predicted octanol–water partition coefficient (Wildman–Crippen LogP) is 2.49. The molecule has 0 aromatic heterocycles. The Morgan fingerprint density at radius 3 is 2.88 bits per heavy atom. The van der Waals surface area contributed by atoms with Crippen molar-refractivity contribution < 1.29 is 19.1 Å². The number of esters is 1. The van der Waals surface area contributed by atoms with Gasteiger partial charge in [-0.3, -0.25) is 9.59 Å². The van der Waals surface area contributed by atoms with Crippen molar-refractivity contribution in [1.29, 1.82) is 0 Å². The van der Waals surface area contributed by atoms with Gasteiger partial charge in [0.15, 0.2) is 11.5 Å². The molecule has 5 nitrogen and oxygen atoms in total. The van der Waals surface area contributed by atoms with E-state index in [1.807, 2.05) is 6.07 Å².